The topological polar surface area (TPSA) is 120 Å². The van der Waals surface area contributed by atoms with Crippen molar-refractivity contribution in [1.29, 1.82) is 0 Å². The van der Waals surface area contributed by atoms with Crippen molar-refractivity contribution in [3.63, 3.8) is 0 Å². The summed E-state index contributed by atoms with van der Waals surface area (Å²) in [5.74, 6) is 0. The van der Waals surface area contributed by atoms with Crippen LogP contribution in [0.25, 0.3) is 0 Å². The number of unbranched alkanes of at least 4 members (excludes halogenated alkanes) is 24. The molecule has 0 bridgehead atoms. The molecule has 47 heavy (non-hydrogen) atoms. The van der Waals surface area contributed by atoms with Crippen LogP contribution in [0.5, 0.6) is 0 Å². The van der Waals surface area contributed by atoms with Gasteiger partial charge < -0.3 is 29.9 Å². The van der Waals surface area contributed by atoms with Gasteiger partial charge in [-0.1, -0.05) is 168 Å². The highest BCUT2D eigenvalue weighted by molar-refractivity contribution is 5.68. The van der Waals surface area contributed by atoms with Gasteiger partial charge in [-0.05, 0) is 26.2 Å². The molecule has 1 amide bonds. The third-order valence-corrected chi connectivity index (χ3v) is 9.93. The van der Waals surface area contributed by atoms with Crippen molar-refractivity contribution in [3.05, 3.63) is 0 Å². The predicted octanol–water partition coefficient (Wildman–Crippen LogP) is 9.19. The number of hydrogen-bond acceptors (Lipinski definition) is 7. The van der Waals surface area contributed by atoms with Crippen LogP contribution in [0.3, 0.4) is 0 Å². The average molecular weight is 672 g/mol. The molecular weight excluding hydrogens is 594 g/mol. The largest absolute Gasteiger partial charge is 0.446 e. The summed E-state index contributed by atoms with van der Waals surface area (Å²) in [5, 5.41) is 41.1. The van der Waals surface area contributed by atoms with E-state index in [1.165, 1.54) is 133 Å². The van der Waals surface area contributed by atoms with Crippen LogP contribution in [0.15, 0.2) is 0 Å². The SMILES string of the molecule is CCCCCCCCCCCCCCCCCCN(C(=O)OC(C)CCCCCCCCCCCC)C1O[C@H](CO)[C@@H](O)[C@H](O)[C@@H]1O. The zero-order valence-corrected chi connectivity index (χ0v) is 30.9. The molecule has 0 aromatic heterocycles. The van der Waals surface area contributed by atoms with E-state index in [4.69, 9.17) is 9.47 Å². The van der Waals surface area contributed by atoms with Gasteiger partial charge in [0, 0.05) is 6.54 Å². The van der Waals surface area contributed by atoms with Crippen molar-refractivity contribution >= 4 is 6.09 Å². The fourth-order valence-corrected chi connectivity index (χ4v) is 6.71. The summed E-state index contributed by atoms with van der Waals surface area (Å²) in [5.41, 5.74) is 0. The number of carbonyl (C=O) groups is 1. The third-order valence-electron chi connectivity index (χ3n) is 9.93. The molecule has 0 aromatic rings. The second kappa shape index (κ2) is 29.9. The maximum absolute atomic E-state index is 13.4. The van der Waals surface area contributed by atoms with Crippen molar-refractivity contribution in [2.24, 2.45) is 0 Å². The highest BCUT2D eigenvalue weighted by Gasteiger charge is 2.47. The average Bonchev–Trinajstić information content (AvgIpc) is 3.06. The summed E-state index contributed by atoms with van der Waals surface area (Å²) in [6.07, 6.45) is 25.6. The van der Waals surface area contributed by atoms with Crippen LogP contribution in [0.2, 0.25) is 0 Å². The summed E-state index contributed by atoms with van der Waals surface area (Å²) >= 11 is 0. The molecule has 1 saturated heterocycles. The molecule has 8 nitrogen and oxygen atoms in total. The Kier molecular flexibility index (Phi) is 28.1. The minimum atomic E-state index is -1.53. The van der Waals surface area contributed by atoms with Crippen molar-refractivity contribution in [2.45, 2.75) is 231 Å². The van der Waals surface area contributed by atoms with E-state index in [1.807, 2.05) is 6.92 Å². The van der Waals surface area contributed by atoms with Crippen molar-refractivity contribution < 1.29 is 34.7 Å². The molecule has 1 aliphatic heterocycles. The minimum Gasteiger partial charge on any atom is -0.446 e. The second-order valence-electron chi connectivity index (χ2n) is 14.4. The maximum atomic E-state index is 13.4. The van der Waals surface area contributed by atoms with Crippen LogP contribution in [-0.2, 0) is 9.47 Å². The van der Waals surface area contributed by atoms with Crippen LogP contribution in [0.1, 0.15) is 194 Å². The van der Waals surface area contributed by atoms with E-state index in [9.17, 15) is 25.2 Å². The Morgan fingerprint density at radius 3 is 1.38 bits per heavy atom. The predicted molar refractivity (Wildman–Crippen MR) is 192 cm³/mol. The second-order valence-corrected chi connectivity index (χ2v) is 14.4. The Bertz CT molecular complexity index is 709. The van der Waals surface area contributed by atoms with E-state index in [0.29, 0.717) is 6.54 Å². The lowest BCUT2D eigenvalue weighted by Gasteiger charge is -2.44. The number of hydrogen-bond donors (Lipinski definition) is 4. The first-order valence-corrected chi connectivity index (χ1v) is 20.1. The van der Waals surface area contributed by atoms with Crippen molar-refractivity contribution in [1.82, 2.24) is 4.90 Å². The molecule has 0 radical (unpaired) electrons. The molecule has 1 aliphatic rings. The first-order valence-electron chi connectivity index (χ1n) is 20.1. The van der Waals surface area contributed by atoms with Gasteiger partial charge in [0.25, 0.3) is 0 Å². The smallest absolute Gasteiger partial charge is 0.412 e. The molecular formula is C39H77NO7. The highest BCUT2D eigenvalue weighted by atomic mass is 16.6. The van der Waals surface area contributed by atoms with Gasteiger partial charge in [0.2, 0.25) is 0 Å². The molecule has 2 unspecified atom stereocenters. The molecule has 0 aliphatic carbocycles. The van der Waals surface area contributed by atoms with Gasteiger partial charge in [-0.2, -0.15) is 0 Å². The molecule has 0 spiro atoms. The van der Waals surface area contributed by atoms with E-state index >= 15 is 0 Å². The fraction of sp³-hybridized carbons (Fsp3) is 0.974. The zero-order valence-electron chi connectivity index (χ0n) is 30.9. The van der Waals surface area contributed by atoms with Gasteiger partial charge in [0.1, 0.15) is 30.5 Å². The van der Waals surface area contributed by atoms with Gasteiger partial charge in [0.05, 0.1) is 6.61 Å². The van der Waals surface area contributed by atoms with Crippen LogP contribution in [-0.4, -0.2) is 81.3 Å². The van der Waals surface area contributed by atoms with E-state index in [2.05, 4.69) is 13.8 Å². The van der Waals surface area contributed by atoms with E-state index in [0.717, 1.165) is 44.9 Å². The summed E-state index contributed by atoms with van der Waals surface area (Å²) in [4.78, 5) is 14.7. The Morgan fingerprint density at radius 2 is 0.979 bits per heavy atom. The van der Waals surface area contributed by atoms with E-state index in [-0.39, 0.29) is 6.10 Å². The lowest BCUT2D eigenvalue weighted by molar-refractivity contribution is -0.259. The normalized spacial score (nSPS) is 22.0. The molecule has 0 saturated carbocycles. The summed E-state index contributed by atoms with van der Waals surface area (Å²) in [7, 11) is 0. The first-order chi connectivity index (χ1) is 22.9. The Morgan fingerprint density at radius 1 is 0.596 bits per heavy atom. The fourth-order valence-electron chi connectivity index (χ4n) is 6.71. The molecule has 1 fully saturated rings. The lowest BCUT2D eigenvalue weighted by atomic mass is 9.97. The van der Waals surface area contributed by atoms with Crippen molar-refractivity contribution in [2.75, 3.05) is 13.2 Å². The third kappa shape index (κ3) is 21.0. The monoisotopic (exact) mass is 672 g/mol. The van der Waals surface area contributed by atoms with E-state index in [1.54, 1.807) is 0 Å². The maximum Gasteiger partial charge on any atom is 0.412 e. The van der Waals surface area contributed by atoms with Gasteiger partial charge in [-0.25, -0.2) is 4.79 Å². The number of amides is 1. The number of ether oxygens (including phenoxy) is 2. The van der Waals surface area contributed by atoms with Crippen LogP contribution in [0.4, 0.5) is 4.79 Å². The number of aliphatic hydroxyl groups is 4. The highest BCUT2D eigenvalue weighted by Crippen LogP contribution is 2.26. The molecule has 1 rings (SSSR count). The van der Waals surface area contributed by atoms with Gasteiger partial charge in [0.15, 0.2) is 6.23 Å². The van der Waals surface area contributed by atoms with Gasteiger partial charge >= 0.3 is 6.09 Å². The van der Waals surface area contributed by atoms with Crippen LogP contribution in [0, 0.1) is 0 Å². The molecule has 6 atom stereocenters. The number of carbonyl (C=O) groups excluding carboxylic acids is 1. The van der Waals surface area contributed by atoms with E-state index < -0.39 is 43.3 Å². The quantitative estimate of drug-likeness (QED) is 0.0543. The zero-order chi connectivity index (χ0) is 34.5. The van der Waals surface area contributed by atoms with Crippen LogP contribution >= 0.6 is 0 Å². The summed E-state index contributed by atoms with van der Waals surface area (Å²) in [6, 6.07) is 0. The molecule has 4 N–H and O–H groups in total. The Hall–Kier alpha value is -0.930. The Labute approximate surface area is 289 Å². The number of rotatable bonds is 31. The van der Waals surface area contributed by atoms with Gasteiger partial charge in [-0.15, -0.1) is 0 Å². The molecule has 0 aromatic carbocycles. The lowest BCUT2D eigenvalue weighted by Crippen LogP contribution is -2.64. The molecule has 280 valence electrons. The minimum absolute atomic E-state index is 0.283. The number of aliphatic hydroxyl groups excluding tert-OH is 4. The standard InChI is InChI=1S/C39H77NO7/c1-4-6-8-10-12-14-16-17-18-19-20-21-23-25-27-29-31-40(38-37(44)36(43)35(42)34(32-41)47-38)39(45)46-33(3)30-28-26-24-22-15-13-11-9-7-5-2/h33-38,41-44H,4-32H2,1-3H3/t33?,34-,35-,36+,37+,38?/m1/s1. The number of nitrogens with zero attached hydrogens (tertiary/aromatic N) is 1. The summed E-state index contributed by atoms with van der Waals surface area (Å²) < 4.78 is 11.6. The first kappa shape index (κ1) is 44.1. The van der Waals surface area contributed by atoms with Crippen LogP contribution < -0.4 is 0 Å². The summed E-state index contributed by atoms with van der Waals surface area (Å²) in [6.45, 7) is 6.18. The van der Waals surface area contributed by atoms with Gasteiger partial charge in [-0.3, -0.25) is 4.90 Å². The molecule has 8 heteroatoms. The molecule has 1 heterocycles. The Balaban J connectivity index is 2.38. The van der Waals surface area contributed by atoms with Crippen molar-refractivity contribution in [3.8, 4) is 0 Å².